The van der Waals surface area contributed by atoms with Gasteiger partial charge in [-0.2, -0.15) is 10.2 Å². The molecule has 68 valence electrons. The van der Waals surface area contributed by atoms with Crippen LogP contribution >= 0.6 is 0 Å². The van der Waals surface area contributed by atoms with Crippen molar-refractivity contribution in [3.05, 3.63) is 30.7 Å². The molecule has 0 aliphatic carbocycles. The number of rotatable bonds is 0. The molecule has 2 rings (SSSR count). The Morgan fingerprint density at radius 3 is 2.62 bits per heavy atom. The summed E-state index contributed by atoms with van der Waals surface area (Å²) < 4.78 is 0. The second kappa shape index (κ2) is 5.19. The molecule has 13 heavy (non-hydrogen) atoms. The molecule has 0 amide bonds. The van der Waals surface area contributed by atoms with Crippen LogP contribution in [0.25, 0.3) is 10.9 Å². The highest BCUT2D eigenvalue weighted by molar-refractivity contribution is 5.75. The highest BCUT2D eigenvalue weighted by Crippen LogP contribution is 2.04. The molecular weight excluding hydrogens is 162 g/mol. The lowest BCUT2D eigenvalue weighted by molar-refractivity contribution is 1.07. The Hall–Kier alpha value is -1.51. The topological polar surface area (TPSA) is 38.7 Å². The number of hydrogen-bond donors (Lipinski definition) is 0. The van der Waals surface area contributed by atoms with Crippen LogP contribution in [0.3, 0.4) is 0 Å². The highest BCUT2D eigenvalue weighted by atomic mass is 15.1. The van der Waals surface area contributed by atoms with Crippen molar-refractivity contribution in [3.63, 3.8) is 0 Å². The van der Waals surface area contributed by atoms with Gasteiger partial charge in [-0.3, -0.25) is 4.98 Å². The van der Waals surface area contributed by atoms with Crippen molar-refractivity contribution in [1.82, 2.24) is 15.2 Å². The monoisotopic (exact) mass is 175 g/mol. The van der Waals surface area contributed by atoms with Crippen LogP contribution in [-0.2, 0) is 0 Å². The molecule has 3 nitrogen and oxygen atoms in total. The summed E-state index contributed by atoms with van der Waals surface area (Å²) in [5, 5.41) is 8.65. The van der Waals surface area contributed by atoms with Gasteiger partial charge in [-0.25, -0.2) is 0 Å². The molecule has 0 aromatic carbocycles. The van der Waals surface area contributed by atoms with Gasteiger partial charge in [-0.05, 0) is 12.1 Å². The smallest absolute Gasteiger partial charge is 0.0960 e. The van der Waals surface area contributed by atoms with E-state index in [1.165, 1.54) is 6.42 Å². The van der Waals surface area contributed by atoms with Gasteiger partial charge in [0.15, 0.2) is 0 Å². The third kappa shape index (κ3) is 2.78. The van der Waals surface area contributed by atoms with E-state index in [0.717, 1.165) is 10.9 Å². The molecule has 0 aliphatic heterocycles. The number of hydrogen-bond acceptors (Lipinski definition) is 3. The SMILES string of the molecule is CCC.c1cc2nnccc2cn1. The van der Waals surface area contributed by atoms with Gasteiger partial charge in [0.2, 0.25) is 0 Å². The van der Waals surface area contributed by atoms with Crippen molar-refractivity contribution in [3.8, 4) is 0 Å². The van der Waals surface area contributed by atoms with Crippen LogP contribution in [0.5, 0.6) is 0 Å². The molecule has 0 N–H and O–H groups in total. The summed E-state index contributed by atoms with van der Waals surface area (Å²) in [4.78, 5) is 3.95. The first-order valence-corrected chi connectivity index (χ1v) is 4.40. The molecule has 0 spiro atoms. The molecule has 0 saturated heterocycles. The van der Waals surface area contributed by atoms with Gasteiger partial charge in [0, 0.05) is 17.8 Å². The first kappa shape index (κ1) is 9.58. The zero-order valence-electron chi connectivity index (χ0n) is 7.94. The number of pyridine rings is 1. The normalized spacial score (nSPS) is 9.08. The first-order valence-electron chi connectivity index (χ1n) is 4.40. The zero-order valence-corrected chi connectivity index (χ0v) is 7.94. The average molecular weight is 175 g/mol. The summed E-state index contributed by atoms with van der Waals surface area (Å²) in [6, 6.07) is 3.72. The first-order chi connectivity index (χ1) is 6.38. The Morgan fingerprint density at radius 1 is 1.15 bits per heavy atom. The largest absolute Gasteiger partial charge is 0.264 e. The fourth-order valence-corrected chi connectivity index (χ4v) is 0.828. The summed E-state index contributed by atoms with van der Waals surface area (Å²) in [7, 11) is 0. The summed E-state index contributed by atoms with van der Waals surface area (Å²) in [6.45, 7) is 4.25. The third-order valence-corrected chi connectivity index (χ3v) is 1.31. The van der Waals surface area contributed by atoms with E-state index in [-0.39, 0.29) is 0 Å². The Labute approximate surface area is 77.8 Å². The number of fused-ring (bicyclic) bond motifs is 1. The maximum Gasteiger partial charge on any atom is 0.0960 e. The highest BCUT2D eigenvalue weighted by Gasteiger charge is 1.88. The summed E-state index contributed by atoms with van der Waals surface area (Å²) >= 11 is 0. The molecule has 2 aromatic rings. The predicted molar refractivity (Wildman–Crippen MR) is 53.3 cm³/mol. The minimum absolute atomic E-state index is 0.887. The van der Waals surface area contributed by atoms with Crippen LogP contribution in [0, 0.1) is 0 Å². The molecule has 0 radical (unpaired) electrons. The van der Waals surface area contributed by atoms with Crippen LogP contribution in [0.1, 0.15) is 20.3 Å². The van der Waals surface area contributed by atoms with Crippen LogP contribution in [0.15, 0.2) is 30.7 Å². The minimum Gasteiger partial charge on any atom is -0.264 e. The van der Waals surface area contributed by atoms with Gasteiger partial charge >= 0.3 is 0 Å². The summed E-state index contributed by atoms with van der Waals surface area (Å²) in [6.07, 6.45) is 6.38. The van der Waals surface area contributed by atoms with Gasteiger partial charge in [-0.15, -0.1) is 0 Å². The van der Waals surface area contributed by atoms with Gasteiger partial charge in [0.1, 0.15) is 0 Å². The predicted octanol–water partition coefficient (Wildman–Crippen LogP) is 2.44. The van der Waals surface area contributed by atoms with Crippen molar-refractivity contribution in [2.45, 2.75) is 20.3 Å². The van der Waals surface area contributed by atoms with E-state index >= 15 is 0 Å². The van der Waals surface area contributed by atoms with E-state index < -0.39 is 0 Å². The molecule has 2 aromatic heterocycles. The van der Waals surface area contributed by atoms with E-state index in [2.05, 4.69) is 29.0 Å². The van der Waals surface area contributed by atoms with Gasteiger partial charge in [0.25, 0.3) is 0 Å². The Morgan fingerprint density at radius 2 is 1.92 bits per heavy atom. The third-order valence-electron chi connectivity index (χ3n) is 1.31. The van der Waals surface area contributed by atoms with Crippen LogP contribution in [0.2, 0.25) is 0 Å². The van der Waals surface area contributed by atoms with Crippen molar-refractivity contribution >= 4 is 10.9 Å². The maximum atomic E-state index is 3.95. The molecular formula is C10H13N3. The minimum atomic E-state index is 0.887. The number of aromatic nitrogens is 3. The van der Waals surface area contributed by atoms with E-state index in [9.17, 15) is 0 Å². The fourth-order valence-electron chi connectivity index (χ4n) is 0.828. The second-order valence-electron chi connectivity index (χ2n) is 2.67. The van der Waals surface area contributed by atoms with Crippen molar-refractivity contribution < 1.29 is 0 Å². The summed E-state index contributed by atoms with van der Waals surface area (Å²) in [5.41, 5.74) is 0.887. The van der Waals surface area contributed by atoms with Gasteiger partial charge < -0.3 is 0 Å². The lowest BCUT2D eigenvalue weighted by Crippen LogP contribution is -1.81. The van der Waals surface area contributed by atoms with Gasteiger partial charge in [-0.1, -0.05) is 20.3 Å². The van der Waals surface area contributed by atoms with Crippen LogP contribution < -0.4 is 0 Å². The average Bonchev–Trinajstić information content (AvgIpc) is 2.19. The molecule has 0 saturated carbocycles. The lowest BCUT2D eigenvalue weighted by atomic mass is 10.3. The molecule has 3 heteroatoms. The molecule has 0 fully saturated rings. The van der Waals surface area contributed by atoms with Crippen molar-refractivity contribution in [2.24, 2.45) is 0 Å². The Balaban J connectivity index is 0.000000251. The molecule has 2 heterocycles. The second-order valence-corrected chi connectivity index (χ2v) is 2.67. The molecule has 0 atom stereocenters. The molecule has 0 unspecified atom stereocenters. The Kier molecular flexibility index (Phi) is 3.82. The van der Waals surface area contributed by atoms with Crippen molar-refractivity contribution in [1.29, 1.82) is 0 Å². The summed E-state index contributed by atoms with van der Waals surface area (Å²) in [5.74, 6) is 0. The zero-order chi connectivity index (χ0) is 9.52. The fraction of sp³-hybridized carbons (Fsp3) is 0.300. The maximum absolute atomic E-state index is 3.95. The molecule has 0 aliphatic rings. The van der Waals surface area contributed by atoms with Crippen LogP contribution in [0.4, 0.5) is 0 Å². The quantitative estimate of drug-likeness (QED) is 0.617. The van der Waals surface area contributed by atoms with Crippen molar-refractivity contribution in [2.75, 3.05) is 0 Å². The Bertz CT molecular complexity index is 294. The molecule has 0 bridgehead atoms. The van der Waals surface area contributed by atoms with E-state index in [1.54, 1.807) is 18.6 Å². The van der Waals surface area contributed by atoms with E-state index in [1.807, 2.05) is 12.1 Å². The lowest BCUT2D eigenvalue weighted by Gasteiger charge is -1.89. The van der Waals surface area contributed by atoms with E-state index in [4.69, 9.17) is 0 Å². The van der Waals surface area contributed by atoms with E-state index in [0.29, 0.717) is 0 Å². The van der Waals surface area contributed by atoms with Crippen LogP contribution in [-0.4, -0.2) is 15.2 Å². The number of nitrogens with zero attached hydrogens (tertiary/aromatic N) is 3. The standard InChI is InChI=1S/C7H5N3.C3H8/c1-4-9-10-7-2-3-8-5-6(1)7;1-3-2/h1-5H;3H2,1-2H3. The van der Waals surface area contributed by atoms with Gasteiger partial charge in [0.05, 0.1) is 11.7 Å².